The van der Waals surface area contributed by atoms with Crippen LogP contribution >= 0.6 is 0 Å². The van der Waals surface area contributed by atoms with Crippen LogP contribution in [0.5, 0.6) is 0 Å². The molecule has 1 aliphatic heterocycles. The zero-order chi connectivity index (χ0) is 10.2. The normalized spacial score (nSPS) is 35.0. The Balaban J connectivity index is 1.60. The van der Waals surface area contributed by atoms with Crippen molar-refractivity contribution in [2.45, 2.75) is 25.9 Å². The van der Waals surface area contributed by atoms with Gasteiger partial charge in [-0.1, -0.05) is 0 Å². The monoisotopic (exact) mass is 203 g/mol. The van der Waals surface area contributed by atoms with Crippen LogP contribution in [0.3, 0.4) is 0 Å². The van der Waals surface area contributed by atoms with Crippen molar-refractivity contribution >= 4 is 5.91 Å². The Bertz CT molecular complexity index is 470. The maximum atomic E-state index is 12.1. The first-order valence-corrected chi connectivity index (χ1v) is 5.50. The highest BCUT2D eigenvalue weighted by molar-refractivity contribution is 5.90. The Morgan fingerprint density at radius 3 is 2.87 bits per heavy atom. The summed E-state index contributed by atoms with van der Waals surface area (Å²) in [6.07, 6.45) is 4.19. The first-order chi connectivity index (χ1) is 7.21. The summed E-state index contributed by atoms with van der Waals surface area (Å²) in [5.74, 6) is 1.13. The summed E-state index contributed by atoms with van der Waals surface area (Å²) >= 11 is 0. The smallest absolute Gasteiger partial charge is 0.229 e. The Morgan fingerprint density at radius 1 is 1.53 bits per heavy atom. The van der Waals surface area contributed by atoms with E-state index in [1.165, 1.54) is 11.3 Å². The summed E-state index contributed by atoms with van der Waals surface area (Å²) in [6.45, 7) is 1.54. The number of carbonyl (C=O) groups is 1. The van der Waals surface area contributed by atoms with Gasteiger partial charge in [0.05, 0.1) is 23.9 Å². The van der Waals surface area contributed by atoms with Crippen molar-refractivity contribution in [1.82, 2.24) is 14.7 Å². The molecule has 1 amide bonds. The van der Waals surface area contributed by atoms with Crippen LogP contribution in [-0.2, 0) is 24.9 Å². The number of hydrogen-bond donors (Lipinski definition) is 0. The summed E-state index contributed by atoms with van der Waals surface area (Å²) in [5.41, 5.74) is 2.55. The Hall–Kier alpha value is -1.32. The van der Waals surface area contributed by atoms with E-state index in [0.29, 0.717) is 5.91 Å². The van der Waals surface area contributed by atoms with E-state index in [1.807, 2.05) is 22.8 Å². The molecule has 4 nitrogen and oxygen atoms in total. The summed E-state index contributed by atoms with van der Waals surface area (Å²) in [7, 11) is 1.95. The van der Waals surface area contributed by atoms with E-state index in [4.69, 9.17) is 0 Å². The zero-order valence-corrected chi connectivity index (χ0v) is 8.73. The molecule has 3 aliphatic rings. The van der Waals surface area contributed by atoms with Gasteiger partial charge in [0.1, 0.15) is 0 Å². The molecule has 1 aromatic rings. The lowest BCUT2D eigenvalue weighted by atomic mass is 10.2. The van der Waals surface area contributed by atoms with Gasteiger partial charge in [0.2, 0.25) is 5.91 Å². The van der Waals surface area contributed by atoms with Crippen LogP contribution in [0.1, 0.15) is 24.1 Å². The van der Waals surface area contributed by atoms with Gasteiger partial charge in [0.25, 0.3) is 0 Å². The van der Waals surface area contributed by atoms with Gasteiger partial charge < -0.3 is 4.90 Å². The van der Waals surface area contributed by atoms with Crippen molar-refractivity contribution in [3.63, 3.8) is 0 Å². The molecular weight excluding hydrogens is 190 g/mol. The molecule has 0 saturated heterocycles. The molecule has 2 saturated carbocycles. The third-order valence-corrected chi connectivity index (χ3v) is 4.25. The van der Waals surface area contributed by atoms with Gasteiger partial charge in [-0.25, -0.2) is 0 Å². The van der Waals surface area contributed by atoms with Crippen molar-refractivity contribution in [2.75, 3.05) is 0 Å². The minimum Gasteiger partial charge on any atom is -0.332 e. The number of aromatic nitrogens is 2. The molecule has 0 N–H and O–H groups in total. The maximum absolute atomic E-state index is 12.1. The summed E-state index contributed by atoms with van der Waals surface area (Å²) in [4.78, 5) is 14.1. The van der Waals surface area contributed by atoms with E-state index in [9.17, 15) is 4.79 Å². The third kappa shape index (κ3) is 0.833. The van der Waals surface area contributed by atoms with Crippen molar-refractivity contribution < 1.29 is 4.79 Å². The third-order valence-electron chi connectivity index (χ3n) is 4.25. The average Bonchev–Trinajstić information content (AvgIpc) is 2.95. The SMILES string of the molecule is Cn1ncc2c1CN(C(=O)C13CC1C3)C2. The standard InChI is InChI=1S/C11H13N3O/c1-13-9-6-14(5-7(9)4-12-13)10(15)11-2-8(11)3-11/h4,8H,2-3,5-6H2,1H3. The molecule has 2 heterocycles. The highest BCUT2D eigenvalue weighted by Gasteiger charge is 2.75. The summed E-state index contributed by atoms with van der Waals surface area (Å²) < 4.78 is 1.89. The zero-order valence-electron chi connectivity index (χ0n) is 8.73. The maximum Gasteiger partial charge on any atom is 0.229 e. The molecule has 15 heavy (non-hydrogen) atoms. The molecule has 78 valence electrons. The quantitative estimate of drug-likeness (QED) is 0.673. The fourth-order valence-electron chi connectivity index (χ4n) is 2.80. The highest BCUT2D eigenvalue weighted by Crippen LogP contribution is 2.76. The lowest BCUT2D eigenvalue weighted by molar-refractivity contribution is -0.135. The van der Waals surface area contributed by atoms with E-state index >= 15 is 0 Å². The molecule has 0 aromatic carbocycles. The highest BCUT2D eigenvalue weighted by atomic mass is 16.2. The second kappa shape index (κ2) is 2.10. The number of carbonyl (C=O) groups excluding carboxylic acids is 1. The fourth-order valence-corrected chi connectivity index (χ4v) is 2.80. The molecule has 4 rings (SSSR count). The van der Waals surface area contributed by atoms with Gasteiger partial charge >= 0.3 is 0 Å². The van der Waals surface area contributed by atoms with Crippen molar-refractivity contribution in [1.29, 1.82) is 0 Å². The van der Waals surface area contributed by atoms with Crippen LogP contribution in [0.4, 0.5) is 0 Å². The van der Waals surface area contributed by atoms with Gasteiger partial charge in [-0.3, -0.25) is 9.48 Å². The van der Waals surface area contributed by atoms with Crippen molar-refractivity contribution in [3.05, 3.63) is 17.5 Å². The molecule has 1 aromatic heterocycles. The Morgan fingerprint density at radius 2 is 2.27 bits per heavy atom. The van der Waals surface area contributed by atoms with Crippen molar-refractivity contribution in [2.24, 2.45) is 18.4 Å². The molecule has 0 unspecified atom stereocenters. The number of fused-ring (bicyclic) bond motifs is 2. The van der Waals surface area contributed by atoms with Crippen LogP contribution in [0.25, 0.3) is 0 Å². The molecule has 2 aliphatic carbocycles. The second-order valence-electron chi connectivity index (χ2n) is 5.16. The van der Waals surface area contributed by atoms with Crippen LogP contribution in [-0.4, -0.2) is 20.6 Å². The summed E-state index contributed by atoms with van der Waals surface area (Å²) in [5, 5.41) is 4.20. The lowest BCUT2D eigenvalue weighted by Crippen LogP contribution is -2.30. The Kier molecular flexibility index (Phi) is 1.11. The van der Waals surface area contributed by atoms with Gasteiger partial charge in [0.15, 0.2) is 0 Å². The molecule has 2 fully saturated rings. The van der Waals surface area contributed by atoms with Crippen LogP contribution in [0, 0.1) is 11.3 Å². The van der Waals surface area contributed by atoms with E-state index < -0.39 is 0 Å². The minimum atomic E-state index is 0.121. The first-order valence-electron chi connectivity index (χ1n) is 5.50. The molecule has 0 spiro atoms. The van der Waals surface area contributed by atoms with Gasteiger partial charge in [-0.15, -0.1) is 0 Å². The van der Waals surface area contributed by atoms with Gasteiger partial charge in [0, 0.05) is 19.2 Å². The van der Waals surface area contributed by atoms with Gasteiger partial charge in [-0.2, -0.15) is 5.10 Å². The number of rotatable bonds is 1. The largest absolute Gasteiger partial charge is 0.332 e. The van der Waals surface area contributed by atoms with Gasteiger partial charge in [-0.05, 0) is 18.8 Å². The van der Waals surface area contributed by atoms with Crippen LogP contribution in [0.2, 0.25) is 0 Å². The first kappa shape index (κ1) is 7.91. The van der Waals surface area contributed by atoms with E-state index in [2.05, 4.69) is 5.10 Å². The fraction of sp³-hybridized carbons (Fsp3) is 0.636. The predicted octanol–water partition coefficient (Wildman–Crippen LogP) is 0.672. The molecular formula is C11H13N3O. The molecule has 0 atom stereocenters. The average molecular weight is 203 g/mol. The van der Waals surface area contributed by atoms with Crippen molar-refractivity contribution in [3.8, 4) is 0 Å². The molecule has 0 radical (unpaired) electrons. The van der Waals surface area contributed by atoms with Crippen LogP contribution in [0.15, 0.2) is 6.20 Å². The van der Waals surface area contributed by atoms with E-state index in [0.717, 1.165) is 31.8 Å². The minimum absolute atomic E-state index is 0.121. The summed E-state index contributed by atoms with van der Waals surface area (Å²) in [6, 6.07) is 0. The van der Waals surface area contributed by atoms with E-state index in [-0.39, 0.29) is 5.41 Å². The number of hydrogen-bond acceptors (Lipinski definition) is 2. The molecule has 0 bridgehead atoms. The van der Waals surface area contributed by atoms with E-state index in [1.54, 1.807) is 0 Å². The number of nitrogens with zero attached hydrogens (tertiary/aromatic N) is 3. The topological polar surface area (TPSA) is 38.1 Å². The lowest BCUT2D eigenvalue weighted by Gasteiger charge is -2.17. The molecule has 4 heteroatoms. The predicted molar refractivity (Wildman–Crippen MR) is 52.6 cm³/mol. The number of aryl methyl sites for hydroxylation is 1. The Labute approximate surface area is 87.9 Å². The number of amides is 1. The van der Waals surface area contributed by atoms with Crippen LogP contribution < -0.4 is 0 Å². The second-order valence-corrected chi connectivity index (χ2v) is 5.16.